The Morgan fingerprint density at radius 3 is 2.52 bits per heavy atom. The fraction of sp³-hybridized carbons (Fsp3) is 0.611. The van der Waals surface area contributed by atoms with Gasteiger partial charge in [-0.25, -0.2) is 0 Å². The molecule has 2 N–H and O–H groups in total. The van der Waals surface area contributed by atoms with Gasteiger partial charge in [0.25, 0.3) is 0 Å². The van der Waals surface area contributed by atoms with Crippen LogP contribution in [0.2, 0.25) is 10.0 Å². The number of hydrogen-bond acceptors (Lipinski definition) is 3. The highest BCUT2D eigenvalue weighted by molar-refractivity contribution is 6.42. The molecular weight excluding hydrogens is 383 g/mol. The van der Waals surface area contributed by atoms with Gasteiger partial charge in [-0.1, -0.05) is 49.5 Å². The summed E-state index contributed by atoms with van der Waals surface area (Å²) < 4.78 is 5.95. The maximum absolute atomic E-state index is 12.4. The van der Waals surface area contributed by atoms with Crippen LogP contribution in [0.15, 0.2) is 18.2 Å². The van der Waals surface area contributed by atoms with E-state index in [-0.39, 0.29) is 30.3 Å². The third kappa shape index (κ3) is 6.30. The smallest absolute Gasteiger partial charge is 0.239 e. The lowest BCUT2D eigenvalue weighted by Gasteiger charge is -2.34. The van der Waals surface area contributed by atoms with Crippen molar-refractivity contribution in [2.45, 2.75) is 51.9 Å². The van der Waals surface area contributed by atoms with E-state index < -0.39 is 6.04 Å². The van der Waals surface area contributed by atoms with E-state index in [1.807, 2.05) is 24.0 Å². The van der Waals surface area contributed by atoms with Crippen LogP contribution in [0.1, 0.15) is 38.7 Å². The molecule has 2 rings (SSSR count). The van der Waals surface area contributed by atoms with Gasteiger partial charge in [-0.3, -0.25) is 4.79 Å². The summed E-state index contributed by atoms with van der Waals surface area (Å²) in [5, 5.41) is 1.09. The van der Waals surface area contributed by atoms with Crippen LogP contribution in [0.25, 0.3) is 0 Å². The molecule has 0 saturated carbocycles. The van der Waals surface area contributed by atoms with Gasteiger partial charge < -0.3 is 15.4 Å². The molecule has 1 heterocycles. The lowest BCUT2D eigenvalue weighted by Crippen LogP contribution is -2.50. The number of benzene rings is 1. The molecule has 2 unspecified atom stereocenters. The summed E-state index contributed by atoms with van der Waals surface area (Å²) in [6.07, 6.45) is 2.74. The van der Waals surface area contributed by atoms with Crippen LogP contribution in [-0.4, -0.2) is 36.0 Å². The lowest BCUT2D eigenvalue weighted by molar-refractivity contribution is -0.136. The van der Waals surface area contributed by atoms with E-state index in [9.17, 15) is 4.79 Å². The van der Waals surface area contributed by atoms with E-state index in [1.165, 1.54) is 0 Å². The average molecular weight is 410 g/mol. The normalized spacial score (nSPS) is 17.7. The summed E-state index contributed by atoms with van der Waals surface area (Å²) in [4.78, 5) is 14.3. The molecule has 0 bridgehead atoms. The van der Waals surface area contributed by atoms with Crippen molar-refractivity contribution in [1.82, 2.24) is 4.90 Å². The average Bonchev–Trinajstić information content (AvgIpc) is 2.61. The summed E-state index contributed by atoms with van der Waals surface area (Å²) in [5.74, 6) is 0.272. The first-order valence-electron chi connectivity index (χ1n) is 8.52. The minimum atomic E-state index is -0.399. The van der Waals surface area contributed by atoms with Crippen molar-refractivity contribution in [3.63, 3.8) is 0 Å². The van der Waals surface area contributed by atoms with Crippen molar-refractivity contribution in [3.05, 3.63) is 33.8 Å². The molecule has 0 spiro atoms. The van der Waals surface area contributed by atoms with Crippen LogP contribution in [0, 0.1) is 5.92 Å². The predicted octanol–water partition coefficient (Wildman–Crippen LogP) is 4.30. The Morgan fingerprint density at radius 2 is 1.96 bits per heavy atom. The Hall–Kier alpha value is -0.520. The van der Waals surface area contributed by atoms with Crippen LogP contribution >= 0.6 is 35.6 Å². The van der Waals surface area contributed by atoms with Crippen molar-refractivity contribution in [1.29, 1.82) is 0 Å². The topological polar surface area (TPSA) is 55.6 Å². The number of carbonyl (C=O) groups is 1. The van der Waals surface area contributed by atoms with E-state index in [2.05, 4.69) is 6.92 Å². The minimum Gasteiger partial charge on any atom is -0.373 e. The molecule has 2 atom stereocenters. The van der Waals surface area contributed by atoms with Gasteiger partial charge in [-0.15, -0.1) is 12.4 Å². The van der Waals surface area contributed by atoms with E-state index in [0.29, 0.717) is 29.7 Å². The number of ether oxygens (including phenoxy) is 1. The van der Waals surface area contributed by atoms with Crippen LogP contribution in [0.3, 0.4) is 0 Å². The Morgan fingerprint density at radius 1 is 1.32 bits per heavy atom. The molecule has 142 valence electrons. The van der Waals surface area contributed by atoms with E-state index >= 15 is 0 Å². The Kier molecular flexibility index (Phi) is 9.54. The van der Waals surface area contributed by atoms with Crippen molar-refractivity contribution in [2.24, 2.45) is 11.7 Å². The van der Waals surface area contributed by atoms with Crippen LogP contribution in [-0.2, 0) is 16.1 Å². The number of amides is 1. The van der Waals surface area contributed by atoms with Crippen molar-refractivity contribution >= 4 is 41.5 Å². The molecule has 4 nitrogen and oxygen atoms in total. The van der Waals surface area contributed by atoms with Gasteiger partial charge in [0, 0.05) is 13.1 Å². The summed E-state index contributed by atoms with van der Waals surface area (Å²) in [5.41, 5.74) is 7.05. The third-order valence-corrected chi connectivity index (χ3v) is 5.50. The first-order chi connectivity index (χ1) is 11.4. The molecule has 1 aromatic carbocycles. The van der Waals surface area contributed by atoms with Crippen molar-refractivity contribution in [2.75, 3.05) is 13.1 Å². The summed E-state index contributed by atoms with van der Waals surface area (Å²) >= 11 is 11.9. The quantitative estimate of drug-likeness (QED) is 0.762. The van der Waals surface area contributed by atoms with Gasteiger partial charge in [0.2, 0.25) is 5.91 Å². The Bertz CT molecular complexity index is 563. The molecule has 1 amide bonds. The molecular formula is C18H27Cl3N2O2. The highest BCUT2D eigenvalue weighted by atomic mass is 35.5. The molecule has 25 heavy (non-hydrogen) atoms. The maximum atomic E-state index is 12.4. The molecule has 0 aromatic heterocycles. The number of nitrogens with zero attached hydrogens (tertiary/aromatic N) is 1. The van der Waals surface area contributed by atoms with E-state index in [1.54, 1.807) is 6.07 Å². The standard InChI is InChI=1S/C18H26Cl2N2O2.ClH/c1-3-12(2)17(21)18(23)22-8-6-14(7-9-22)24-11-13-4-5-15(19)16(20)10-13;/h4-5,10,12,14,17H,3,6-9,11,21H2,1-2H3;1H. The monoisotopic (exact) mass is 408 g/mol. The van der Waals surface area contributed by atoms with Crippen molar-refractivity contribution in [3.8, 4) is 0 Å². The zero-order chi connectivity index (χ0) is 17.7. The van der Waals surface area contributed by atoms with Gasteiger partial charge in [-0.05, 0) is 36.5 Å². The van der Waals surface area contributed by atoms with Crippen LogP contribution in [0.4, 0.5) is 0 Å². The number of likely N-dealkylation sites (tertiary alicyclic amines) is 1. The molecule has 1 aromatic rings. The first-order valence-corrected chi connectivity index (χ1v) is 9.27. The minimum absolute atomic E-state index is 0. The Labute approximate surface area is 166 Å². The molecule has 1 aliphatic rings. The number of rotatable bonds is 6. The number of carbonyl (C=O) groups excluding carboxylic acids is 1. The second-order valence-corrected chi connectivity index (χ2v) is 7.31. The van der Waals surface area contributed by atoms with Gasteiger partial charge in [0.15, 0.2) is 0 Å². The fourth-order valence-corrected chi connectivity index (χ4v) is 3.12. The molecule has 0 aliphatic carbocycles. The molecule has 7 heteroatoms. The summed E-state index contributed by atoms with van der Waals surface area (Å²) in [6, 6.07) is 5.12. The largest absolute Gasteiger partial charge is 0.373 e. The summed E-state index contributed by atoms with van der Waals surface area (Å²) in [7, 11) is 0. The highest BCUT2D eigenvalue weighted by Crippen LogP contribution is 2.24. The highest BCUT2D eigenvalue weighted by Gasteiger charge is 2.28. The van der Waals surface area contributed by atoms with Gasteiger partial charge in [0.1, 0.15) is 0 Å². The molecule has 1 fully saturated rings. The predicted molar refractivity (Wildman–Crippen MR) is 106 cm³/mol. The van der Waals surface area contributed by atoms with E-state index in [0.717, 1.165) is 24.8 Å². The number of hydrogen-bond donors (Lipinski definition) is 1. The molecule has 1 saturated heterocycles. The fourth-order valence-electron chi connectivity index (χ4n) is 2.79. The van der Waals surface area contributed by atoms with Crippen LogP contribution < -0.4 is 5.73 Å². The Balaban J connectivity index is 0.00000312. The van der Waals surface area contributed by atoms with Crippen LogP contribution in [0.5, 0.6) is 0 Å². The first kappa shape index (κ1) is 22.5. The van der Waals surface area contributed by atoms with Crippen molar-refractivity contribution < 1.29 is 9.53 Å². The number of nitrogens with two attached hydrogens (primary N) is 1. The second kappa shape index (κ2) is 10.6. The lowest BCUT2D eigenvalue weighted by atomic mass is 9.97. The summed E-state index contributed by atoms with van der Waals surface area (Å²) in [6.45, 7) is 5.99. The molecule has 1 aliphatic heterocycles. The maximum Gasteiger partial charge on any atom is 0.239 e. The number of halogens is 3. The van der Waals surface area contributed by atoms with Gasteiger partial charge >= 0.3 is 0 Å². The second-order valence-electron chi connectivity index (χ2n) is 6.50. The van der Waals surface area contributed by atoms with E-state index in [4.69, 9.17) is 33.7 Å². The SMILES string of the molecule is CCC(C)C(N)C(=O)N1CCC(OCc2ccc(Cl)c(Cl)c2)CC1.Cl. The third-order valence-electron chi connectivity index (χ3n) is 4.77. The van der Waals surface area contributed by atoms with Gasteiger partial charge in [0.05, 0.1) is 28.8 Å². The number of piperidine rings is 1. The molecule has 0 radical (unpaired) electrons. The van der Waals surface area contributed by atoms with Gasteiger partial charge in [-0.2, -0.15) is 0 Å². The zero-order valence-electron chi connectivity index (χ0n) is 14.7. The zero-order valence-corrected chi connectivity index (χ0v) is 17.0.